The smallest absolute Gasteiger partial charge is 0.196 e. The molecule has 1 N–H and O–H groups in total. The third kappa shape index (κ3) is 1.92. The van der Waals surface area contributed by atoms with Crippen LogP contribution in [0.5, 0.6) is 0 Å². The molecule has 2 aliphatic rings. The second kappa shape index (κ2) is 4.22. The summed E-state index contributed by atoms with van der Waals surface area (Å²) in [5, 5.41) is 3.58. The number of halogens is 1. The Bertz CT molecular complexity index is 553. The van der Waals surface area contributed by atoms with E-state index in [2.05, 4.69) is 28.5 Å². The van der Waals surface area contributed by atoms with Gasteiger partial charge in [0.2, 0.25) is 0 Å². The summed E-state index contributed by atoms with van der Waals surface area (Å²) in [6, 6.07) is 10.2. The zero-order valence-electron chi connectivity index (χ0n) is 9.10. The molecular weight excluding hydrogens is 232 g/mol. The molecule has 0 bridgehead atoms. The fourth-order valence-electron chi connectivity index (χ4n) is 2.05. The van der Waals surface area contributed by atoms with E-state index in [1.165, 1.54) is 0 Å². The van der Waals surface area contributed by atoms with Gasteiger partial charge in [0.15, 0.2) is 5.29 Å². The van der Waals surface area contributed by atoms with Crippen LogP contribution in [0.3, 0.4) is 0 Å². The minimum atomic E-state index is 0.0314. The lowest BCUT2D eigenvalue weighted by Crippen LogP contribution is -2.28. The third-order valence-corrected chi connectivity index (χ3v) is 3.02. The van der Waals surface area contributed by atoms with Crippen LogP contribution < -0.4 is 5.32 Å². The molecule has 1 unspecified atom stereocenters. The molecule has 1 aliphatic heterocycles. The fraction of sp³-hybridized carbons (Fsp3) is 0.0714. The maximum absolute atomic E-state index is 6.03. The van der Waals surface area contributed by atoms with Crippen molar-refractivity contribution in [3.63, 3.8) is 0 Å². The summed E-state index contributed by atoms with van der Waals surface area (Å²) in [5.74, 6) is 0. The van der Waals surface area contributed by atoms with Crippen LogP contribution >= 0.6 is 11.6 Å². The topological polar surface area (TPSA) is 24.4 Å². The van der Waals surface area contributed by atoms with Crippen LogP contribution in [0.15, 0.2) is 65.2 Å². The third-order valence-electron chi connectivity index (χ3n) is 2.83. The van der Waals surface area contributed by atoms with Gasteiger partial charge in [-0.1, -0.05) is 54.6 Å². The Morgan fingerprint density at radius 3 is 2.76 bits per heavy atom. The summed E-state index contributed by atoms with van der Waals surface area (Å²) in [6.45, 7) is 0. The van der Waals surface area contributed by atoms with E-state index >= 15 is 0 Å². The lowest BCUT2D eigenvalue weighted by Gasteiger charge is -2.24. The van der Waals surface area contributed by atoms with Crippen LogP contribution in [0.25, 0.3) is 5.70 Å². The molecule has 17 heavy (non-hydrogen) atoms. The van der Waals surface area contributed by atoms with Crippen molar-refractivity contribution in [2.24, 2.45) is 4.99 Å². The van der Waals surface area contributed by atoms with Gasteiger partial charge in [-0.15, -0.1) is 0 Å². The van der Waals surface area contributed by atoms with E-state index in [9.17, 15) is 0 Å². The van der Waals surface area contributed by atoms with Gasteiger partial charge in [0.05, 0.1) is 11.7 Å². The number of hydrogen-bond donors (Lipinski definition) is 1. The van der Waals surface area contributed by atoms with E-state index in [4.69, 9.17) is 11.6 Å². The summed E-state index contributed by atoms with van der Waals surface area (Å²) in [6.07, 6.45) is 8.13. The van der Waals surface area contributed by atoms with Gasteiger partial charge < -0.3 is 5.32 Å². The van der Waals surface area contributed by atoms with Crippen LogP contribution in [0.2, 0.25) is 0 Å². The van der Waals surface area contributed by atoms with Crippen LogP contribution in [0.1, 0.15) is 5.56 Å². The van der Waals surface area contributed by atoms with Gasteiger partial charge in [-0.3, -0.25) is 0 Å². The van der Waals surface area contributed by atoms with Crippen molar-refractivity contribution in [1.82, 2.24) is 5.32 Å². The standard InChI is InChI=1S/C14H11ClN2/c15-14-16-12-9-5-4-8-11(12)13(17-14)10-6-2-1-3-7-10/h1-9,12H,(H,16,17). The average Bonchev–Trinajstić information content (AvgIpc) is 2.39. The summed E-state index contributed by atoms with van der Waals surface area (Å²) >= 11 is 6.03. The first kappa shape index (κ1) is 10.4. The molecule has 0 saturated heterocycles. The number of hydrogen-bond acceptors (Lipinski definition) is 2. The van der Waals surface area contributed by atoms with E-state index in [-0.39, 0.29) is 6.04 Å². The SMILES string of the molecule is ClC1=NC2C=CC=CC2=C(c2ccccc2)N1. The summed E-state index contributed by atoms with van der Waals surface area (Å²) in [5.41, 5.74) is 3.32. The normalized spacial score (nSPS) is 21.9. The maximum atomic E-state index is 6.03. The van der Waals surface area contributed by atoms with Crippen molar-refractivity contribution in [2.45, 2.75) is 6.04 Å². The summed E-state index contributed by atoms with van der Waals surface area (Å²) in [4.78, 5) is 4.36. The quantitative estimate of drug-likeness (QED) is 0.752. The molecule has 84 valence electrons. The number of nitrogens with one attached hydrogen (secondary N) is 1. The molecule has 0 amide bonds. The lowest BCUT2D eigenvalue weighted by atomic mass is 9.96. The van der Waals surface area contributed by atoms with E-state index in [1.807, 2.05) is 36.4 Å². The first-order valence-corrected chi connectivity index (χ1v) is 5.87. The number of nitrogens with zero attached hydrogens (tertiary/aromatic N) is 1. The maximum Gasteiger partial charge on any atom is 0.196 e. The van der Waals surface area contributed by atoms with Crippen molar-refractivity contribution in [1.29, 1.82) is 0 Å². The van der Waals surface area contributed by atoms with Crippen molar-refractivity contribution < 1.29 is 0 Å². The van der Waals surface area contributed by atoms with Crippen molar-refractivity contribution in [3.05, 3.63) is 65.8 Å². The predicted octanol–water partition coefficient (Wildman–Crippen LogP) is 3.09. The highest BCUT2D eigenvalue weighted by Crippen LogP contribution is 2.27. The Labute approximate surface area is 105 Å². The second-order valence-corrected chi connectivity index (χ2v) is 4.29. The zero-order valence-corrected chi connectivity index (χ0v) is 9.85. The largest absolute Gasteiger partial charge is 0.330 e. The van der Waals surface area contributed by atoms with Crippen molar-refractivity contribution in [2.75, 3.05) is 0 Å². The van der Waals surface area contributed by atoms with Gasteiger partial charge in [0, 0.05) is 5.57 Å². The van der Waals surface area contributed by atoms with Gasteiger partial charge in [0.25, 0.3) is 0 Å². The summed E-state index contributed by atoms with van der Waals surface area (Å²) in [7, 11) is 0. The Hall–Kier alpha value is -1.80. The Kier molecular flexibility index (Phi) is 2.57. The molecule has 0 fully saturated rings. The van der Waals surface area contributed by atoms with Gasteiger partial charge >= 0.3 is 0 Å². The molecular formula is C14H11ClN2. The monoisotopic (exact) mass is 242 g/mol. The molecule has 3 rings (SSSR count). The molecule has 2 nitrogen and oxygen atoms in total. The van der Waals surface area contributed by atoms with Gasteiger partial charge in [0.1, 0.15) is 0 Å². The molecule has 3 heteroatoms. The second-order valence-electron chi connectivity index (χ2n) is 3.93. The number of fused-ring (bicyclic) bond motifs is 1. The molecule has 1 aliphatic carbocycles. The van der Waals surface area contributed by atoms with Gasteiger partial charge in [-0.05, 0) is 17.2 Å². The Morgan fingerprint density at radius 2 is 1.94 bits per heavy atom. The molecule has 0 radical (unpaired) electrons. The van der Waals surface area contributed by atoms with Crippen LogP contribution in [0.4, 0.5) is 0 Å². The highest BCUT2D eigenvalue weighted by molar-refractivity contribution is 6.65. The molecule has 0 spiro atoms. The van der Waals surface area contributed by atoms with Crippen LogP contribution in [0, 0.1) is 0 Å². The average molecular weight is 243 g/mol. The van der Waals surface area contributed by atoms with E-state index < -0.39 is 0 Å². The molecule has 1 aromatic carbocycles. The van der Waals surface area contributed by atoms with Gasteiger partial charge in [-0.2, -0.15) is 0 Å². The van der Waals surface area contributed by atoms with Crippen molar-refractivity contribution >= 4 is 22.6 Å². The Morgan fingerprint density at radius 1 is 1.12 bits per heavy atom. The number of rotatable bonds is 1. The first-order valence-electron chi connectivity index (χ1n) is 5.49. The number of aliphatic imine (C=N–C) groups is 1. The number of allylic oxidation sites excluding steroid dienone is 2. The minimum absolute atomic E-state index is 0.0314. The van der Waals surface area contributed by atoms with E-state index in [1.54, 1.807) is 0 Å². The highest BCUT2D eigenvalue weighted by Gasteiger charge is 2.21. The lowest BCUT2D eigenvalue weighted by molar-refractivity contribution is 0.934. The number of amidine groups is 1. The van der Waals surface area contributed by atoms with Crippen molar-refractivity contribution in [3.8, 4) is 0 Å². The molecule has 1 atom stereocenters. The highest BCUT2D eigenvalue weighted by atomic mass is 35.5. The van der Waals surface area contributed by atoms with Crippen LogP contribution in [-0.2, 0) is 0 Å². The zero-order chi connectivity index (χ0) is 11.7. The summed E-state index contributed by atoms with van der Waals surface area (Å²) < 4.78 is 0. The minimum Gasteiger partial charge on any atom is -0.330 e. The molecule has 0 aromatic heterocycles. The predicted molar refractivity (Wildman–Crippen MR) is 71.9 cm³/mol. The molecule has 1 aromatic rings. The van der Waals surface area contributed by atoms with E-state index in [0.29, 0.717) is 5.29 Å². The van der Waals surface area contributed by atoms with E-state index in [0.717, 1.165) is 16.8 Å². The Balaban J connectivity index is 2.11. The number of benzene rings is 1. The molecule has 0 saturated carbocycles. The molecule has 1 heterocycles. The van der Waals surface area contributed by atoms with Crippen LogP contribution in [-0.4, -0.2) is 11.3 Å². The fourth-order valence-corrected chi connectivity index (χ4v) is 2.25. The van der Waals surface area contributed by atoms with Gasteiger partial charge in [-0.25, -0.2) is 4.99 Å². The first-order chi connectivity index (χ1) is 8.34.